The highest BCUT2D eigenvalue weighted by atomic mass is 16.5. The predicted molar refractivity (Wildman–Crippen MR) is 57.8 cm³/mol. The van der Waals surface area contributed by atoms with Crippen molar-refractivity contribution in [3.05, 3.63) is 18.2 Å². The van der Waals surface area contributed by atoms with Crippen LogP contribution in [0.2, 0.25) is 0 Å². The molecular formula is C11H14NO4-. The number of rotatable bonds is 5. The van der Waals surface area contributed by atoms with Crippen LogP contribution in [0.5, 0.6) is 11.5 Å². The Morgan fingerprint density at radius 1 is 1.25 bits per heavy atom. The first-order valence-corrected chi connectivity index (χ1v) is 5.05. The molecule has 0 bridgehead atoms. The van der Waals surface area contributed by atoms with Crippen LogP contribution in [0, 0.1) is 0 Å². The van der Waals surface area contributed by atoms with Gasteiger partial charge in [0.15, 0.2) is 11.5 Å². The highest BCUT2D eigenvalue weighted by Gasteiger charge is 2.05. The molecule has 1 aromatic carbocycles. The topological polar surface area (TPSA) is 70.6 Å². The molecule has 0 aromatic heterocycles. The van der Waals surface area contributed by atoms with E-state index in [0.717, 1.165) is 0 Å². The maximum atomic E-state index is 10.4. The highest BCUT2D eigenvalue weighted by molar-refractivity contribution is 5.81. The Hall–Kier alpha value is -1.91. The zero-order valence-corrected chi connectivity index (χ0v) is 9.28. The summed E-state index contributed by atoms with van der Waals surface area (Å²) in [5, 5.41) is 12.5. The number of carboxylic acid groups (broad SMARTS) is 1. The Morgan fingerprint density at radius 3 is 2.44 bits per heavy atom. The van der Waals surface area contributed by atoms with E-state index in [4.69, 9.17) is 9.47 Å². The monoisotopic (exact) mass is 224 g/mol. The number of carbonyl (C=O) groups excluding carboxylic acids is 1. The number of benzene rings is 1. The lowest BCUT2D eigenvalue weighted by Gasteiger charge is -2.13. The van der Waals surface area contributed by atoms with Gasteiger partial charge in [0.2, 0.25) is 0 Å². The van der Waals surface area contributed by atoms with Crippen LogP contribution in [-0.2, 0) is 0 Å². The first-order valence-electron chi connectivity index (χ1n) is 5.05. The van der Waals surface area contributed by atoms with E-state index in [0.29, 0.717) is 30.4 Å². The summed E-state index contributed by atoms with van der Waals surface area (Å²) in [5.74, 6) is 1.10. The summed E-state index contributed by atoms with van der Waals surface area (Å²) < 4.78 is 10.7. The molecule has 16 heavy (non-hydrogen) atoms. The number of carbonyl (C=O) groups is 1. The number of ether oxygens (including phenoxy) is 2. The second kappa shape index (κ2) is 5.85. The second-order valence-electron chi connectivity index (χ2n) is 2.94. The molecule has 0 spiro atoms. The van der Waals surface area contributed by atoms with Crippen molar-refractivity contribution in [2.45, 2.75) is 13.8 Å². The quantitative estimate of drug-likeness (QED) is 0.816. The maximum absolute atomic E-state index is 10.4. The number of amides is 1. The number of hydrogen-bond acceptors (Lipinski definition) is 4. The Bertz CT molecular complexity index is 365. The van der Waals surface area contributed by atoms with Crippen molar-refractivity contribution in [3.8, 4) is 11.5 Å². The highest BCUT2D eigenvalue weighted by Crippen LogP contribution is 2.30. The normalized spacial score (nSPS) is 9.62. The summed E-state index contributed by atoms with van der Waals surface area (Å²) in [6.07, 6.45) is -1.35. The lowest BCUT2D eigenvalue weighted by Crippen LogP contribution is -2.28. The van der Waals surface area contributed by atoms with Crippen LogP contribution < -0.4 is 19.9 Å². The second-order valence-corrected chi connectivity index (χ2v) is 2.94. The first kappa shape index (κ1) is 12.2. The maximum Gasteiger partial charge on any atom is 0.163 e. The standard InChI is InChI=1S/C11H15NO4/c1-3-15-9-6-5-8(12-11(13)14)7-10(9)16-4-2/h5-7,12H,3-4H2,1-2H3,(H,13,14)/p-1. The van der Waals surface area contributed by atoms with Gasteiger partial charge in [0.1, 0.15) is 6.09 Å². The van der Waals surface area contributed by atoms with Crippen LogP contribution in [-0.4, -0.2) is 19.3 Å². The lowest BCUT2D eigenvalue weighted by atomic mass is 10.2. The van der Waals surface area contributed by atoms with Crippen molar-refractivity contribution in [1.82, 2.24) is 0 Å². The molecule has 1 rings (SSSR count). The molecule has 0 aliphatic carbocycles. The third-order valence-corrected chi connectivity index (χ3v) is 1.79. The van der Waals surface area contributed by atoms with Crippen molar-refractivity contribution in [3.63, 3.8) is 0 Å². The summed E-state index contributed by atoms with van der Waals surface area (Å²) >= 11 is 0. The minimum atomic E-state index is -1.35. The summed E-state index contributed by atoms with van der Waals surface area (Å²) in [6.45, 7) is 4.71. The molecule has 0 unspecified atom stereocenters. The fraction of sp³-hybridized carbons (Fsp3) is 0.364. The number of anilines is 1. The zero-order valence-electron chi connectivity index (χ0n) is 9.28. The third kappa shape index (κ3) is 3.34. The van der Waals surface area contributed by atoms with Gasteiger partial charge < -0.3 is 24.7 Å². The number of nitrogens with one attached hydrogen (secondary N) is 1. The largest absolute Gasteiger partial charge is 0.530 e. The predicted octanol–water partition coefficient (Wildman–Crippen LogP) is 1.24. The minimum absolute atomic E-state index is 0.395. The molecule has 0 saturated heterocycles. The van der Waals surface area contributed by atoms with Crippen molar-refractivity contribution >= 4 is 11.8 Å². The molecule has 1 N–H and O–H groups in total. The Labute approximate surface area is 94.0 Å². The minimum Gasteiger partial charge on any atom is -0.530 e. The SMILES string of the molecule is CCOc1ccc(NC(=O)[O-])cc1OCC. The van der Waals surface area contributed by atoms with Crippen LogP contribution in [0.4, 0.5) is 10.5 Å². The molecule has 0 atom stereocenters. The summed E-state index contributed by atoms with van der Waals surface area (Å²) in [4.78, 5) is 10.4. The van der Waals surface area contributed by atoms with Gasteiger partial charge in [0.05, 0.1) is 13.2 Å². The van der Waals surface area contributed by atoms with E-state index in [1.54, 1.807) is 18.2 Å². The Balaban J connectivity index is 2.92. The average Bonchev–Trinajstić information content (AvgIpc) is 2.21. The van der Waals surface area contributed by atoms with Gasteiger partial charge in [-0.1, -0.05) is 0 Å². The van der Waals surface area contributed by atoms with E-state index >= 15 is 0 Å². The van der Waals surface area contributed by atoms with E-state index in [1.165, 1.54) is 0 Å². The fourth-order valence-corrected chi connectivity index (χ4v) is 1.25. The summed E-state index contributed by atoms with van der Waals surface area (Å²) in [6, 6.07) is 4.80. The molecule has 0 saturated carbocycles. The van der Waals surface area contributed by atoms with Gasteiger partial charge in [-0.2, -0.15) is 0 Å². The molecule has 0 aliphatic heterocycles. The van der Waals surface area contributed by atoms with Crippen molar-refractivity contribution in [2.75, 3.05) is 18.5 Å². The molecule has 0 aliphatic rings. The van der Waals surface area contributed by atoms with E-state index < -0.39 is 6.09 Å². The molecule has 88 valence electrons. The van der Waals surface area contributed by atoms with Gasteiger partial charge in [-0.05, 0) is 26.0 Å². The van der Waals surface area contributed by atoms with Gasteiger partial charge in [-0.15, -0.1) is 0 Å². The van der Waals surface area contributed by atoms with Gasteiger partial charge in [0.25, 0.3) is 0 Å². The van der Waals surface area contributed by atoms with Crippen LogP contribution in [0.3, 0.4) is 0 Å². The van der Waals surface area contributed by atoms with Crippen molar-refractivity contribution < 1.29 is 19.4 Å². The van der Waals surface area contributed by atoms with Crippen LogP contribution >= 0.6 is 0 Å². The molecule has 5 heteroatoms. The van der Waals surface area contributed by atoms with E-state index in [9.17, 15) is 9.90 Å². The Morgan fingerprint density at radius 2 is 1.88 bits per heavy atom. The average molecular weight is 224 g/mol. The molecule has 5 nitrogen and oxygen atoms in total. The van der Waals surface area contributed by atoms with Gasteiger partial charge in [-0.3, -0.25) is 0 Å². The smallest absolute Gasteiger partial charge is 0.163 e. The Kier molecular flexibility index (Phi) is 4.44. The van der Waals surface area contributed by atoms with Crippen molar-refractivity contribution in [1.29, 1.82) is 0 Å². The zero-order chi connectivity index (χ0) is 12.0. The van der Waals surface area contributed by atoms with E-state index in [1.807, 2.05) is 13.8 Å². The molecule has 1 aromatic rings. The van der Waals surface area contributed by atoms with Crippen LogP contribution in [0.15, 0.2) is 18.2 Å². The third-order valence-electron chi connectivity index (χ3n) is 1.79. The van der Waals surface area contributed by atoms with E-state index in [-0.39, 0.29) is 0 Å². The van der Waals surface area contributed by atoms with Crippen LogP contribution in [0.1, 0.15) is 13.8 Å². The van der Waals surface area contributed by atoms with Gasteiger partial charge >= 0.3 is 0 Å². The van der Waals surface area contributed by atoms with Gasteiger partial charge in [0, 0.05) is 11.8 Å². The molecular weight excluding hydrogens is 210 g/mol. The molecule has 0 fully saturated rings. The molecule has 0 radical (unpaired) electrons. The summed E-state index contributed by atoms with van der Waals surface area (Å²) in [5.41, 5.74) is 0.395. The van der Waals surface area contributed by atoms with Crippen molar-refractivity contribution in [2.24, 2.45) is 0 Å². The molecule has 1 amide bonds. The first-order chi connectivity index (χ1) is 7.67. The number of hydrogen-bond donors (Lipinski definition) is 1. The summed E-state index contributed by atoms with van der Waals surface area (Å²) in [7, 11) is 0. The molecule has 0 heterocycles. The van der Waals surface area contributed by atoms with Gasteiger partial charge in [-0.25, -0.2) is 0 Å². The fourth-order valence-electron chi connectivity index (χ4n) is 1.25. The van der Waals surface area contributed by atoms with Crippen LogP contribution in [0.25, 0.3) is 0 Å². The van der Waals surface area contributed by atoms with E-state index in [2.05, 4.69) is 5.32 Å². The lowest BCUT2D eigenvalue weighted by molar-refractivity contribution is -0.242.